The minimum atomic E-state index is -4.05. The van der Waals surface area contributed by atoms with E-state index in [4.69, 9.17) is 11.6 Å². The molecule has 0 saturated heterocycles. The summed E-state index contributed by atoms with van der Waals surface area (Å²) < 4.78 is 41.0. The summed E-state index contributed by atoms with van der Waals surface area (Å²) in [5, 5.41) is 2.72. The highest BCUT2D eigenvalue weighted by molar-refractivity contribution is 7.92. The van der Waals surface area contributed by atoms with Crippen LogP contribution in [0.25, 0.3) is 0 Å². The van der Waals surface area contributed by atoms with Crippen molar-refractivity contribution in [2.45, 2.75) is 4.90 Å². The predicted octanol–water partition coefficient (Wildman–Crippen LogP) is 4.31. The number of carbonyl (C=O) groups is 1. The van der Waals surface area contributed by atoms with Crippen LogP contribution in [0.1, 0.15) is 0 Å². The second-order valence-electron chi connectivity index (χ2n) is 5.83. The molecule has 0 bridgehead atoms. The Labute approximate surface area is 167 Å². The molecule has 0 radical (unpaired) electrons. The van der Waals surface area contributed by atoms with Gasteiger partial charge in [0.2, 0.25) is 5.91 Å². The van der Waals surface area contributed by atoms with Crippen molar-refractivity contribution in [3.63, 3.8) is 0 Å². The van der Waals surface area contributed by atoms with E-state index < -0.39 is 28.3 Å². The van der Waals surface area contributed by atoms with Gasteiger partial charge in [-0.05, 0) is 42.5 Å². The Bertz CT molecular complexity index is 1090. The standard InChI is InChI=1S/C20H16ClFN2O3S/c21-15-7-6-8-16(13-15)24(28(26,27)17-9-2-1-3-10-17)14-20(25)23-19-12-5-4-11-18(19)22/h1-13H,14H2,(H,23,25). The number of halogens is 2. The van der Waals surface area contributed by atoms with Crippen molar-refractivity contribution < 1.29 is 17.6 Å². The fourth-order valence-electron chi connectivity index (χ4n) is 2.55. The van der Waals surface area contributed by atoms with Gasteiger partial charge in [-0.1, -0.05) is 48.0 Å². The van der Waals surface area contributed by atoms with Crippen molar-refractivity contribution in [3.05, 3.63) is 89.7 Å². The predicted molar refractivity (Wildman–Crippen MR) is 107 cm³/mol. The van der Waals surface area contributed by atoms with Crippen molar-refractivity contribution >= 4 is 38.9 Å². The molecule has 144 valence electrons. The van der Waals surface area contributed by atoms with E-state index in [0.29, 0.717) is 5.02 Å². The first-order valence-electron chi connectivity index (χ1n) is 8.25. The first-order chi connectivity index (χ1) is 13.4. The third-order valence-corrected chi connectivity index (χ3v) is 5.89. The van der Waals surface area contributed by atoms with Crippen LogP contribution in [0.2, 0.25) is 5.02 Å². The zero-order valence-corrected chi connectivity index (χ0v) is 16.1. The number of nitrogens with one attached hydrogen (secondary N) is 1. The molecule has 1 N–H and O–H groups in total. The normalized spacial score (nSPS) is 11.1. The molecule has 0 heterocycles. The molecule has 3 aromatic carbocycles. The summed E-state index contributed by atoms with van der Waals surface area (Å²) in [5.74, 6) is -1.30. The number of benzene rings is 3. The third-order valence-electron chi connectivity index (χ3n) is 3.86. The number of para-hydroxylation sites is 1. The maximum absolute atomic E-state index is 13.8. The zero-order valence-electron chi connectivity index (χ0n) is 14.5. The van der Waals surface area contributed by atoms with Gasteiger partial charge in [-0.2, -0.15) is 0 Å². The van der Waals surface area contributed by atoms with Gasteiger partial charge in [0.25, 0.3) is 10.0 Å². The van der Waals surface area contributed by atoms with Gasteiger partial charge in [0.05, 0.1) is 16.3 Å². The Hall–Kier alpha value is -2.90. The first-order valence-corrected chi connectivity index (χ1v) is 10.1. The van der Waals surface area contributed by atoms with Crippen LogP contribution in [0.4, 0.5) is 15.8 Å². The van der Waals surface area contributed by atoms with E-state index >= 15 is 0 Å². The molecule has 0 fully saturated rings. The van der Waals surface area contributed by atoms with Crippen LogP contribution in [0.5, 0.6) is 0 Å². The molecule has 3 aromatic rings. The van der Waals surface area contributed by atoms with Gasteiger partial charge < -0.3 is 5.32 Å². The Balaban J connectivity index is 1.95. The van der Waals surface area contributed by atoms with Gasteiger partial charge in [0.1, 0.15) is 12.4 Å². The summed E-state index contributed by atoms with van der Waals surface area (Å²) in [5.41, 5.74) is 0.190. The molecule has 0 aliphatic rings. The second kappa shape index (κ2) is 8.41. The van der Waals surface area contributed by atoms with Gasteiger partial charge >= 0.3 is 0 Å². The quantitative estimate of drug-likeness (QED) is 0.648. The largest absolute Gasteiger partial charge is 0.322 e. The number of hydrogen-bond acceptors (Lipinski definition) is 3. The van der Waals surface area contributed by atoms with Crippen molar-refractivity contribution in [1.29, 1.82) is 0 Å². The van der Waals surface area contributed by atoms with E-state index in [1.165, 1.54) is 42.5 Å². The van der Waals surface area contributed by atoms with Gasteiger partial charge in [0, 0.05) is 5.02 Å². The number of carbonyl (C=O) groups excluding carboxylic acids is 1. The number of nitrogens with zero attached hydrogens (tertiary/aromatic N) is 1. The topological polar surface area (TPSA) is 66.5 Å². The van der Waals surface area contributed by atoms with Gasteiger partial charge in [-0.25, -0.2) is 12.8 Å². The van der Waals surface area contributed by atoms with E-state index in [0.717, 1.165) is 4.31 Å². The summed E-state index contributed by atoms with van der Waals surface area (Å²) in [4.78, 5) is 12.5. The summed E-state index contributed by atoms with van der Waals surface area (Å²) >= 11 is 6.00. The fraction of sp³-hybridized carbons (Fsp3) is 0.0500. The van der Waals surface area contributed by atoms with E-state index in [1.54, 1.807) is 36.4 Å². The van der Waals surface area contributed by atoms with Crippen LogP contribution in [-0.2, 0) is 14.8 Å². The van der Waals surface area contributed by atoms with Crippen molar-refractivity contribution in [3.8, 4) is 0 Å². The van der Waals surface area contributed by atoms with Crippen molar-refractivity contribution in [2.75, 3.05) is 16.2 Å². The lowest BCUT2D eigenvalue weighted by molar-refractivity contribution is -0.114. The molecule has 3 rings (SSSR count). The van der Waals surface area contributed by atoms with Crippen molar-refractivity contribution in [2.24, 2.45) is 0 Å². The number of sulfonamides is 1. The number of anilines is 2. The van der Waals surface area contributed by atoms with Crippen LogP contribution in [0.3, 0.4) is 0 Å². The van der Waals surface area contributed by atoms with Crippen LogP contribution >= 0.6 is 11.6 Å². The summed E-state index contributed by atoms with van der Waals surface area (Å²) in [6.07, 6.45) is 0. The highest BCUT2D eigenvalue weighted by Gasteiger charge is 2.27. The number of amides is 1. The Morgan fingerprint density at radius 3 is 2.32 bits per heavy atom. The molecular formula is C20H16ClFN2O3S. The van der Waals surface area contributed by atoms with Crippen molar-refractivity contribution in [1.82, 2.24) is 0 Å². The highest BCUT2D eigenvalue weighted by Crippen LogP contribution is 2.26. The van der Waals surface area contributed by atoms with E-state index in [-0.39, 0.29) is 16.3 Å². The smallest absolute Gasteiger partial charge is 0.264 e. The molecule has 0 aliphatic carbocycles. The minimum Gasteiger partial charge on any atom is -0.322 e. The number of rotatable bonds is 6. The number of hydrogen-bond donors (Lipinski definition) is 1. The monoisotopic (exact) mass is 418 g/mol. The highest BCUT2D eigenvalue weighted by atomic mass is 35.5. The van der Waals surface area contributed by atoms with Crippen LogP contribution in [-0.4, -0.2) is 20.9 Å². The van der Waals surface area contributed by atoms with Crippen LogP contribution in [0, 0.1) is 5.82 Å². The van der Waals surface area contributed by atoms with E-state index in [2.05, 4.69) is 5.32 Å². The molecule has 1 amide bonds. The lowest BCUT2D eigenvalue weighted by atomic mass is 10.3. The average Bonchev–Trinajstić information content (AvgIpc) is 2.68. The maximum atomic E-state index is 13.8. The lowest BCUT2D eigenvalue weighted by Gasteiger charge is -2.24. The third kappa shape index (κ3) is 4.49. The molecule has 0 aromatic heterocycles. The lowest BCUT2D eigenvalue weighted by Crippen LogP contribution is -2.38. The summed E-state index contributed by atoms with van der Waals surface area (Å²) in [6, 6.07) is 19.5. The van der Waals surface area contributed by atoms with Crippen LogP contribution in [0.15, 0.2) is 83.8 Å². The molecule has 0 unspecified atom stereocenters. The van der Waals surface area contributed by atoms with Gasteiger partial charge in [0.15, 0.2) is 0 Å². The molecule has 5 nitrogen and oxygen atoms in total. The van der Waals surface area contributed by atoms with Crippen LogP contribution < -0.4 is 9.62 Å². The average molecular weight is 419 g/mol. The first kappa shape index (κ1) is 19.9. The Kier molecular flexibility index (Phi) is 5.96. The molecule has 0 aliphatic heterocycles. The molecule has 0 saturated carbocycles. The van der Waals surface area contributed by atoms with E-state index in [9.17, 15) is 17.6 Å². The Morgan fingerprint density at radius 1 is 0.964 bits per heavy atom. The van der Waals surface area contributed by atoms with Gasteiger partial charge in [-0.15, -0.1) is 0 Å². The van der Waals surface area contributed by atoms with Gasteiger partial charge in [-0.3, -0.25) is 9.10 Å². The summed E-state index contributed by atoms with van der Waals surface area (Å²) in [7, 11) is -4.05. The zero-order chi connectivity index (χ0) is 20.1. The molecule has 0 atom stereocenters. The minimum absolute atomic E-state index is 0.0219. The van der Waals surface area contributed by atoms with E-state index in [1.807, 2.05) is 0 Å². The SMILES string of the molecule is O=C(CN(c1cccc(Cl)c1)S(=O)(=O)c1ccccc1)Nc1ccccc1F. The molecule has 0 spiro atoms. The molecular weight excluding hydrogens is 403 g/mol. The fourth-order valence-corrected chi connectivity index (χ4v) is 4.17. The molecule has 8 heteroatoms. The Morgan fingerprint density at radius 2 is 1.64 bits per heavy atom. The summed E-state index contributed by atoms with van der Waals surface area (Å²) in [6.45, 7) is -0.550. The molecule has 28 heavy (non-hydrogen) atoms. The second-order valence-corrected chi connectivity index (χ2v) is 8.13. The maximum Gasteiger partial charge on any atom is 0.264 e.